The minimum atomic E-state index is -0.586. The predicted octanol–water partition coefficient (Wildman–Crippen LogP) is 5.10. The number of likely N-dealkylation sites (N-methyl/N-ethyl adjacent to an activating group) is 1. The van der Waals surface area contributed by atoms with Gasteiger partial charge in [0, 0.05) is 17.7 Å². The van der Waals surface area contributed by atoms with Crippen molar-refractivity contribution in [2.45, 2.75) is 33.2 Å². The highest BCUT2D eigenvalue weighted by molar-refractivity contribution is 8.26. The van der Waals surface area contributed by atoms with Crippen molar-refractivity contribution in [3.05, 3.63) is 56.6 Å². The van der Waals surface area contributed by atoms with Crippen LogP contribution in [0.2, 0.25) is 0 Å². The van der Waals surface area contributed by atoms with Gasteiger partial charge in [0.2, 0.25) is 0 Å². The minimum absolute atomic E-state index is 0.252. The summed E-state index contributed by atoms with van der Waals surface area (Å²) in [6.45, 7) is 8.18. The van der Waals surface area contributed by atoms with E-state index in [2.05, 4.69) is 0 Å². The monoisotopic (exact) mass is 496 g/mol. The van der Waals surface area contributed by atoms with Gasteiger partial charge in [0.15, 0.2) is 0 Å². The maximum absolute atomic E-state index is 13.8. The van der Waals surface area contributed by atoms with Crippen LogP contribution in [0.3, 0.4) is 0 Å². The van der Waals surface area contributed by atoms with Gasteiger partial charge in [0.25, 0.3) is 11.8 Å². The lowest BCUT2D eigenvalue weighted by Gasteiger charge is -2.38. The highest BCUT2D eigenvalue weighted by atomic mass is 32.2. The molecule has 168 valence electrons. The van der Waals surface area contributed by atoms with Gasteiger partial charge >= 0.3 is 5.97 Å². The number of rotatable bonds is 3. The van der Waals surface area contributed by atoms with Crippen molar-refractivity contribution in [3.63, 3.8) is 0 Å². The molecule has 0 spiro atoms. The third-order valence-electron chi connectivity index (χ3n) is 5.89. The fourth-order valence-corrected chi connectivity index (χ4v) is 6.60. The summed E-state index contributed by atoms with van der Waals surface area (Å²) in [6, 6.07) is 6.95. The van der Waals surface area contributed by atoms with Gasteiger partial charge in [-0.15, -0.1) is 11.3 Å². The second kappa shape index (κ2) is 7.65. The predicted molar refractivity (Wildman–Crippen MR) is 135 cm³/mol. The molecular weight excluding hydrogens is 476 g/mol. The summed E-state index contributed by atoms with van der Waals surface area (Å²) in [7, 11) is 0. The Bertz CT molecular complexity index is 1320. The average Bonchev–Trinajstić information content (AvgIpc) is 3.43. The number of nitrogens with zero attached hydrogens (tertiary/aromatic N) is 2. The standard InChI is InChI=1S/C24H20N2O4S3/c1-5-25-21(28)19(33-23(25)31)17-15-10-13(30-22(29)16-7-6-8-32-16)9-14-12(2)11-24(3,4)26(18(14)15)20(17)27/h6-11H,5H2,1-4H3. The lowest BCUT2D eigenvalue weighted by atomic mass is 9.89. The van der Waals surface area contributed by atoms with Gasteiger partial charge in [0.1, 0.15) is 14.9 Å². The number of amides is 2. The zero-order chi connectivity index (χ0) is 23.7. The van der Waals surface area contributed by atoms with E-state index in [1.54, 1.807) is 29.2 Å². The van der Waals surface area contributed by atoms with Crippen LogP contribution >= 0.6 is 35.3 Å². The number of carbonyl (C=O) groups excluding carboxylic acids is 3. The fraction of sp³-hybridized carbons (Fsp3) is 0.250. The van der Waals surface area contributed by atoms with Crippen molar-refractivity contribution >= 4 is 74.3 Å². The SMILES string of the molecule is CCN1C(=O)C(=C2C(=O)N3c4c(cc(OC(=O)c5cccs5)cc42)C(C)=CC3(C)C)SC1=S. The second-order valence-electron chi connectivity index (χ2n) is 8.48. The molecule has 3 aliphatic rings. The first-order valence-electron chi connectivity index (χ1n) is 10.4. The van der Waals surface area contributed by atoms with Crippen LogP contribution in [0.15, 0.2) is 40.6 Å². The van der Waals surface area contributed by atoms with Crippen LogP contribution in [-0.2, 0) is 9.59 Å². The lowest BCUT2D eigenvalue weighted by molar-refractivity contribution is -0.122. The van der Waals surface area contributed by atoms with Gasteiger partial charge in [-0.2, -0.15) is 0 Å². The Balaban J connectivity index is 1.72. The molecule has 0 aliphatic carbocycles. The summed E-state index contributed by atoms with van der Waals surface area (Å²) >= 11 is 7.83. The summed E-state index contributed by atoms with van der Waals surface area (Å²) in [6.07, 6.45) is 2.02. The Morgan fingerprint density at radius 3 is 2.55 bits per heavy atom. The highest BCUT2D eigenvalue weighted by Gasteiger charge is 2.48. The van der Waals surface area contributed by atoms with Gasteiger partial charge < -0.3 is 4.74 Å². The third kappa shape index (κ3) is 3.29. The molecule has 1 fully saturated rings. The maximum atomic E-state index is 13.8. The van der Waals surface area contributed by atoms with Crippen molar-refractivity contribution in [2.24, 2.45) is 0 Å². The van der Waals surface area contributed by atoms with Crippen LogP contribution in [0.5, 0.6) is 5.75 Å². The first kappa shape index (κ1) is 22.1. The molecule has 0 bridgehead atoms. The molecule has 0 radical (unpaired) electrons. The number of hydrogen-bond donors (Lipinski definition) is 0. The number of allylic oxidation sites excluding steroid dienone is 1. The van der Waals surface area contributed by atoms with E-state index >= 15 is 0 Å². The number of thiocarbonyl (C=S) groups is 1. The summed E-state index contributed by atoms with van der Waals surface area (Å²) in [4.78, 5) is 43.5. The van der Waals surface area contributed by atoms with E-state index in [9.17, 15) is 14.4 Å². The fourth-order valence-electron chi connectivity index (χ4n) is 4.54. The molecule has 0 atom stereocenters. The van der Waals surface area contributed by atoms with E-state index < -0.39 is 11.5 Å². The Labute approximate surface area is 204 Å². The van der Waals surface area contributed by atoms with Gasteiger partial charge in [0.05, 0.1) is 21.7 Å². The largest absolute Gasteiger partial charge is 0.422 e. The first-order chi connectivity index (χ1) is 15.6. The van der Waals surface area contributed by atoms with Crippen LogP contribution in [0.4, 0.5) is 5.69 Å². The number of hydrogen-bond acceptors (Lipinski definition) is 7. The summed E-state index contributed by atoms with van der Waals surface area (Å²) in [5, 5.41) is 1.81. The quantitative estimate of drug-likeness (QED) is 0.255. The van der Waals surface area contributed by atoms with Crippen LogP contribution in [0.25, 0.3) is 11.1 Å². The molecule has 2 aromatic rings. The molecular formula is C24H20N2O4S3. The van der Waals surface area contributed by atoms with E-state index in [0.29, 0.717) is 37.5 Å². The van der Waals surface area contributed by atoms with E-state index in [1.807, 2.05) is 39.2 Å². The topological polar surface area (TPSA) is 66.9 Å². The summed E-state index contributed by atoms with van der Waals surface area (Å²) in [5.74, 6) is -0.658. The number of anilines is 1. The van der Waals surface area contributed by atoms with Crippen molar-refractivity contribution in [3.8, 4) is 5.75 Å². The molecule has 1 aromatic carbocycles. The van der Waals surface area contributed by atoms with Crippen LogP contribution in [0, 0.1) is 0 Å². The Kier molecular flexibility index (Phi) is 5.11. The molecule has 1 saturated heterocycles. The molecule has 0 saturated carbocycles. The maximum Gasteiger partial charge on any atom is 0.353 e. The molecule has 4 heterocycles. The second-order valence-corrected chi connectivity index (χ2v) is 11.1. The average molecular weight is 497 g/mol. The van der Waals surface area contributed by atoms with Crippen LogP contribution in [0.1, 0.15) is 48.5 Å². The number of esters is 1. The van der Waals surface area contributed by atoms with Gasteiger partial charge in [-0.1, -0.05) is 36.1 Å². The van der Waals surface area contributed by atoms with Crippen LogP contribution in [-0.4, -0.2) is 39.1 Å². The Hall–Kier alpha value is -2.75. The van der Waals surface area contributed by atoms with E-state index in [4.69, 9.17) is 17.0 Å². The molecule has 5 rings (SSSR count). The zero-order valence-electron chi connectivity index (χ0n) is 18.4. The van der Waals surface area contributed by atoms with Crippen molar-refractivity contribution in [2.75, 3.05) is 11.4 Å². The third-order valence-corrected chi connectivity index (χ3v) is 8.19. The molecule has 9 heteroatoms. The van der Waals surface area contributed by atoms with E-state index in [1.165, 1.54) is 16.2 Å². The Morgan fingerprint density at radius 2 is 1.91 bits per heavy atom. The van der Waals surface area contributed by atoms with Crippen molar-refractivity contribution in [1.82, 2.24) is 4.90 Å². The number of benzene rings is 1. The normalized spacial score (nSPS) is 21.0. The lowest BCUT2D eigenvalue weighted by Crippen LogP contribution is -2.46. The molecule has 33 heavy (non-hydrogen) atoms. The molecule has 0 N–H and O–H groups in total. The molecule has 0 unspecified atom stereocenters. The van der Waals surface area contributed by atoms with Crippen molar-refractivity contribution < 1.29 is 19.1 Å². The Morgan fingerprint density at radius 1 is 1.18 bits per heavy atom. The number of ether oxygens (including phenoxy) is 1. The minimum Gasteiger partial charge on any atom is -0.422 e. The van der Waals surface area contributed by atoms with Gasteiger partial charge in [-0.25, -0.2) is 4.79 Å². The van der Waals surface area contributed by atoms with E-state index in [0.717, 1.165) is 28.6 Å². The number of carbonyl (C=O) groups is 3. The van der Waals surface area contributed by atoms with Crippen molar-refractivity contribution in [1.29, 1.82) is 0 Å². The van der Waals surface area contributed by atoms with Crippen LogP contribution < -0.4 is 9.64 Å². The zero-order valence-corrected chi connectivity index (χ0v) is 20.9. The summed E-state index contributed by atoms with van der Waals surface area (Å²) in [5.41, 5.74) is 2.82. The highest BCUT2D eigenvalue weighted by Crippen LogP contribution is 2.53. The molecule has 6 nitrogen and oxygen atoms in total. The van der Waals surface area contributed by atoms with Gasteiger partial charge in [-0.05, 0) is 56.8 Å². The molecule has 1 aromatic heterocycles. The molecule has 3 aliphatic heterocycles. The first-order valence-corrected chi connectivity index (χ1v) is 12.5. The number of thiophene rings is 1. The summed E-state index contributed by atoms with van der Waals surface area (Å²) < 4.78 is 6.12. The van der Waals surface area contributed by atoms with Gasteiger partial charge in [-0.3, -0.25) is 19.4 Å². The number of thioether (sulfide) groups is 1. The molecule has 2 amide bonds. The smallest absolute Gasteiger partial charge is 0.353 e. The van der Waals surface area contributed by atoms with E-state index in [-0.39, 0.29) is 11.8 Å².